The van der Waals surface area contributed by atoms with Gasteiger partial charge in [-0.3, -0.25) is 10.1 Å². The number of esters is 1. The maximum atomic E-state index is 11.3. The van der Waals surface area contributed by atoms with Gasteiger partial charge in [0.05, 0.1) is 12.0 Å². The zero-order valence-corrected chi connectivity index (χ0v) is 11.2. The number of nitrogens with zero attached hydrogens (tertiary/aromatic N) is 1. The topological polar surface area (TPSA) is 69.4 Å². The molecule has 0 unspecified atom stereocenters. The Morgan fingerprint density at radius 2 is 2.06 bits per heavy atom. The van der Waals surface area contributed by atoms with E-state index in [0.717, 1.165) is 5.56 Å². The molecule has 0 aliphatic carbocycles. The second-order valence-electron chi connectivity index (χ2n) is 3.14. The largest absolute Gasteiger partial charge is 0.466 e. The van der Waals surface area contributed by atoms with Crippen LogP contribution in [0.15, 0.2) is 29.8 Å². The zero-order chi connectivity index (χ0) is 12.8. The number of carbonyl (C=O) groups is 1. The minimum absolute atomic E-state index is 0.0243. The monoisotopic (exact) mass is 347 g/mol. The third-order valence-electron chi connectivity index (χ3n) is 2.04. The number of benzene rings is 1. The molecular weight excluding hydrogens is 337 g/mol. The lowest BCUT2D eigenvalue weighted by atomic mass is 10.1. The third kappa shape index (κ3) is 3.81. The number of alkyl halides is 1. The summed E-state index contributed by atoms with van der Waals surface area (Å²) in [5, 5.41) is 10.5. The summed E-state index contributed by atoms with van der Waals surface area (Å²) in [6.07, 6.45) is 1.65. The molecule has 0 bridgehead atoms. The van der Waals surface area contributed by atoms with Crippen LogP contribution in [0.2, 0.25) is 0 Å². The quantitative estimate of drug-likeness (QED) is 0.210. The molecule has 0 aliphatic rings. The summed E-state index contributed by atoms with van der Waals surface area (Å²) in [4.78, 5) is 21.3. The molecule has 90 valence electrons. The summed E-state index contributed by atoms with van der Waals surface area (Å²) < 4.78 is 5.13. The molecular formula is C11H10INO4. The Kier molecular flexibility index (Phi) is 5.08. The molecule has 1 rings (SSSR count). The van der Waals surface area contributed by atoms with Crippen LogP contribution in [0.1, 0.15) is 5.56 Å². The first-order valence-corrected chi connectivity index (χ1v) is 6.20. The fourth-order valence-electron chi connectivity index (χ4n) is 1.18. The second kappa shape index (κ2) is 6.33. The Labute approximate surface area is 112 Å². The van der Waals surface area contributed by atoms with Gasteiger partial charge < -0.3 is 4.74 Å². The van der Waals surface area contributed by atoms with Crippen molar-refractivity contribution in [2.75, 3.05) is 11.5 Å². The van der Waals surface area contributed by atoms with Crippen LogP contribution in [0.5, 0.6) is 0 Å². The summed E-state index contributed by atoms with van der Waals surface area (Å²) in [5.41, 5.74) is 1.27. The van der Waals surface area contributed by atoms with Gasteiger partial charge in [-0.05, 0) is 23.8 Å². The third-order valence-corrected chi connectivity index (χ3v) is 2.86. The molecule has 0 spiro atoms. The van der Waals surface area contributed by atoms with Crippen molar-refractivity contribution in [3.8, 4) is 0 Å². The molecule has 0 heterocycles. The fourth-order valence-corrected chi connectivity index (χ4v) is 1.71. The Morgan fingerprint density at radius 3 is 2.47 bits per heavy atom. The highest BCUT2D eigenvalue weighted by Crippen LogP contribution is 2.15. The van der Waals surface area contributed by atoms with Crippen molar-refractivity contribution >= 4 is 40.3 Å². The number of carbonyl (C=O) groups excluding carboxylic acids is 1. The highest BCUT2D eigenvalue weighted by atomic mass is 127. The SMILES string of the molecule is COC(=O)/C(=C/c1ccc([N+](=O)[O-])cc1)CI. The lowest BCUT2D eigenvalue weighted by molar-refractivity contribution is -0.384. The maximum absolute atomic E-state index is 11.3. The van der Waals surface area contributed by atoms with Gasteiger partial charge in [-0.2, -0.15) is 0 Å². The maximum Gasteiger partial charge on any atom is 0.334 e. The van der Waals surface area contributed by atoms with Crippen molar-refractivity contribution in [3.05, 3.63) is 45.5 Å². The molecule has 0 radical (unpaired) electrons. The van der Waals surface area contributed by atoms with E-state index in [1.165, 1.54) is 19.2 Å². The van der Waals surface area contributed by atoms with Crippen molar-refractivity contribution in [1.29, 1.82) is 0 Å². The smallest absolute Gasteiger partial charge is 0.334 e. The summed E-state index contributed by atoms with van der Waals surface area (Å²) in [6.45, 7) is 0. The highest BCUT2D eigenvalue weighted by Gasteiger charge is 2.08. The molecule has 0 N–H and O–H groups in total. The number of halogens is 1. The summed E-state index contributed by atoms with van der Waals surface area (Å²) >= 11 is 2.05. The molecule has 17 heavy (non-hydrogen) atoms. The van der Waals surface area contributed by atoms with Crippen LogP contribution in [0.4, 0.5) is 5.69 Å². The molecule has 0 saturated carbocycles. The molecule has 0 saturated heterocycles. The molecule has 0 atom stereocenters. The second-order valence-corrected chi connectivity index (χ2v) is 3.91. The van der Waals surface area contributed by atoms with E-state index < -0.39 is 10.9 Å². The average molecular weight is 347 g/mol. The first-order chi connectivity index (χ1) is 8.08. The van der Waals surface area contributed by atoms with Gasteiger partial charge in [0.1, 0.15) is 0 Å². The van der Waals surface area contributed by atoms with E-state index in [0.29, 0.717) is 10.0 Å². The van der Waals surface area contributed by atoms with Gasteiger partial charge in [0.25, 0.3) is 5.69 Å². The summed E-state index contributed by atoms with van der Waals surface area (Å²) in [7, 11) is 1.32. The van der Waals surface area contributed by atoms with E-state index in [4.69, 9.17) is 0 Å². The molecule has 0 aliphatic heterocycles. The van der Waals surface area contributed by atoms with Crippen molar-refractivity contribution in [1.82, 2.24) is 0 Å². The Balaban J connectivity index is 2.97. The van der Waals surface area contributed by atoms with E-state index in [1.807, 2.05) is 0 Å². The zero-order valence-electron chi connectivity index (χ0n) is 9.05. The summed E-state index contributed by atoms with van der Waals surface area (Å²) in [5.74, 6) is -0.391. The first-order valence-electron chi connectivity index (χ1n) is 4.67. The van der Waals surface area contributed by atoms with Crippen LogP contribution in [0.3, 0.4) is 0 Å². The Morgan fingerprint density at radius 1 is 1.47 bits per heavy atom. The van der Waals surface area contributed by atoms with Gasteiger partial charge >= 0.3 is 5.97 Å². The highest BCUT2D eigenvalue weighted by molar-refractivity contribution is 14.1. The normalized spacial score (nSPS) is 11.1. The molecule has 1 aromatic rings. The van der Waals surface area contributed by atoms with Gasteiger partial charge in [-0.1, -0.05) is 22.6 Å². The van der Waals surface area contributed by atoms with E-state index in [1.54, 1.807) is 18.2 Å². The average Bonchev–Trinajstić information content (AvgIpc) is 2.35. The van der Waals surface area contributed by atoms with Crippen LogP contribution in [-0.2, 0) is 9.53 Å². The molecule has 0 aromatic heterocycles. The first kappa shape index (κ1) is 13.6. The Bertz CT molecular complexity index is 453. The number of nitro benzene ring substituents is 1. The fraction of sp³-hybridized carbons (Fsp3) is 0.182. The van der Waals surface area contributed by atoms with E-state index in [9.17, 15) is 14.9 Å². The van der Waals surface area contributed by atoms with E-state index in [2.05, 4.69) is 27.3 Å². The van der Waals surface area contributed by atoms with Crippen LogP contribution in [0, 0.1) is 10.1 Å². The summed E-state index contributed by atoms with van der Waals surface area (Å²) in [6, 6.07) is 5.97. The van der Waals surface area contributed by atoms with E-state index in [-0.39, 0.29) is 5.69 Å². The van der Waals surface area contributed by atoms with Crippen LogP contribution in [0.25, 0.3) is 6.08 Å². The minimum atomic E-state index is -0.465. The van der Waals surface area contributed by atoms with Crippen molar-refractivity contribution in [2.45, 2.75) is 0 Å². The van der Waals surface area contributed by atoms with Gasteiger partial charge in [0.15, 0.2) is 0 Å². The molecule has 5 nitrogen and oxygen atoms in total. The number of hydrogen-bond acceptors (Lipinski definition) is 4. The predicted molar refractivity (Wildman–Crippen MR) is 72.0 cm³/mol. The lowest BCUT2D eigenvalue weighted by Crippen LogP contribution is -2.05. The van der Waals surface area contributed by atoms with Crippen LogP contribution in [-0.4, -0.2) is 22.4 Å². The van der Waals surface area contributed by atoms with Gasteiger partial charge in [0, 0.05) is 22.1 Å². The molecule has 1 aromatic carbocycles. The van der Waals surface area contributed by atoms with Crippen molar-refractivity contribution < 1.29 is 14.5 Å². The van der Waals surface area contributed by atoms with Gasteiger partial charge in [-0.15, -0.1) is 0 Å². The number of methoxy groups -OCH3 is 1. The molecule has 0 fully saturated rings. The number of nitro groups is 1. The lowest BCUT2D eigenvalue weighted by Gasteiger charge is -2.01. The van der Waals surface area contributed by atoms with Gasteiger partial charge in [-0.25, -0.2) is 4.79 Å². The minimum Gasteiger partial charge on any atom is -0.466 e. The standard InChI is InChI=1S/C11H10INO4/c1-17-11(14)9(7-12)6-8-2-4-10(5-3-8)13(15)16/h2-6H,7H2,1H3/b9-6+. The van der Waals surface area contributed by atoms with Crippen LogP contribution < -0.4 is 0 Å². The number of hydrogen-bond donors (Lipinski definition) is 0. The van der Waals surface area contributed by atoms with Crippen molar-refractivity contribution in [3.63, 3.8) is 0 Å². The predicted octanol–water partition coefficient (Wildman–Crippen LogP) is 2.59. The molecule has 6 heteroatoms. The number of non-ortho nitro benzene ring substituents is 1. The van der Waals surface area contributed by atoms with Crippen molar-refractivity contribution in [2.24, 2.45) is 0 Å². The Hall–Kier alpha value is -1.44. The number of ether oxygens (including phenoxy) is 1. The van der Waals surface area contributed by atoms with E-state index >= 15 is 0 Å². The number of rotatable bonds is 4. The van der Waals surface area contributed by atoms with Crippen LogP contribution >= 0.6 is 22.6 Å². The van der Waals surface area contributed by atoms with Gasteiger partial charge in [0.2, 0.25) is 0 Å². The molecule has 0 amide bonds.